The van der Waals surface area contributed by atoms with Crippen LogP contribution in [0.1, 0.15) is 22.5 Å². The van der Waals surface area contributed by atoms with Crippen LogP contribution in [-0.4, -0.2) is 33.8 Å². The second-order valence-corrected chi connectivity index (χ2v) is 3.54. The number of carboxylic acids is 1. The van der Waals surface area contributed by atoms with E-state index in [1.165, 1.54) is 18.0 Å². The zero-order chi connectivity index (χ0) is 12.0. The number of aromatic carboxylic acids is 1. The van der Waals surface area contributed by atoms with Crippen LogP contribution in [-0.2, 0) is 0 Å². The fraction of sp³-hybridized carbons (Fsp3) is 0.300. The molecule has 0 aliphatic heterocycles. The highest BCUT2D eigenvalue weighted by Crippen LogP contribution is 2.11. The zero-order valence-electron chi connectivity index (χ0n) is 8.73. The summed E-state index contributed by atoms with van der Waals surface area (Å²) in [5.74, 6) is 4.36. The summed E-state index contributed by atoms with van der Waals surface area (Å²) in [5.41, 5.74) is 5.54. The molecule has 0 aliphatic rings. The van der Waals surface area contributed by atoms with Crippen molar-refractivity contribution >= 4 is 17.7 Å². The van der Waals surface area contributed by atoms with E-state index in [9.17, 15) is 4.79 Å². The summed E-state index contributed by atoms with van der Waals surface area (Å²) in [4.78, 5) is 18.8. The molecule has 0 atom stereocenters. The first-order valence-corrected chi connectivity index (χ1v) is 5.74. The molecule has 0 saturated carbocycles. The van der Waals surface area contributed by atoms with Crippen LogP contribution in [0.2, 0.25) is 0 Å². The lowest BCUT2D eigenvalue weighted by atomic mass is 10.2. The summed E-state index contributed by atoms with van der Waals surface area (Å²) in [6.45, 7) is 0.444. The predicted molar refractivity (Wildman–Crippen MR) is 61.3 cm³/mol. The molecule has 3 N–H and O–H groups in total. The fourth-order valence-electron chi connectivity index (χ4n) is 0.948. The van der Waals surface area contributed by atoms with Gasteiger partial charge in [-0.3, -0.25) is 0 Å². The molecule has 6 heteroatoms. The van der Waals surface area contributed by atoms with Gasteiger partial charge in [-0.05, 0) is 6.26 Å². The van der Waals surface area contributed by atoms with Gasteiger partial charge in [-0.25, -0.2) is 14.8 Å². The van der Waals surface area contributed by atoms with Crippen molar-refractivity contribution in [2.45, 2.75) is 11.6 Å². The Bertz CT molecular complexity index is 451. The summed E-state index contributed by atoms with van der Waals surface area (Å²) < 4.78 is 0. The second kappa shape index (κ2) is 6.10. The lowest BCUT2D eigenvalue weighted by molar-refractivity contribution is 0.0689. The molecule has 0 aromatic carbocycles. The molecule has 1 aromatic heterocycles. The Hall–Kier alpha value is -1.58. The molecular weight excluding hydrogens is 226 g/mol. The Labute approximate surface area is 97.5 Å². The van der Waals surface area contributed by atoms with Crippen molar-refractivity contribution in [2.75, 3.05) is 12.8 Å². The standard InChI is InChI=1S/C10H11N3O2S/c1-16-10-12-6-7(4-2-3-5-11)8(13-10)9(14)15/h6H,3,5,11H2,1H3,(H,14,15). The van der Waals surface area contributed by atoms with Crippen molar-refractivity contribution < 1.29 is 9.90 Å². The first-order chi connectivity index (χ1) is 7.69. The van der Waals surface area contributed by atoms with E-state index in [-0.39, 0.29) is 5.69 Å². The van der Waals surface area contributed by atoms with Crippen molar-refractivity contribution in [1.82, 2.24) is 9.97 Å². The molecule has 0 bridgehead atoms. The quantitative estimate of drug-likeness (QED) is 0.454. The molecule has 5 nitrogen and oxygen atoms in total. The van der Waals surface area contributed by atoms with Crippen molar-refractivity contribution in [1.29, 1.82) is 0 Å². The minimum atomic E-state index is -1.10. The normalized spacial score (nSPS) is 9.38. The lowest BCUT2D eigenvalue weighted by Gasteiger charge is -1.99. The third-order valence-corrected chi connectivity index (χ3v) is 2.21. The highest BCUT2D eigenvalue weighted by Gasteiger charge is 2.12. The molecule has 0 fully saturated rings. The number of hydrogen-bond acceptors (Lipinski definition) is 5. The highest BCUT2D eigenvalue weighted by atomic mass is 32.2. The minimum absolute atomic E-state index is 0.0659. The largest absolute Gasteiger partial charge is 0.476 e. The minimum Gasteiger partial charge on any atom is -0.476 e. The van der Waals surface area contributed by atoms with Gasteiger partial charge in [0.05, 0.1) is 5.56 Å². The second-order valence-electron chi connectivity index (χ2n) is 2.76. The van der Waals surface area contributed by atoms with Crippen molar-refractivity contribution in [2.24, 2.45) is 5.73 Å². The molecule has 1 rings (SSSR count). The molecule has 0 saturated heterocycles. The number of hydrogen-bond donors (Lipinski definition) is 2. The van der Waals surface area contributed by atoms with Crippen LogP contribution in [0.3, 0.4) is 0 Å². The van der Waals surface area contributed by atoms with Gasteiger partial charge >= 0.3 is 5.97 Å². The van der Waals surface area contributed by atoms with Gasteiger partial charge in [-0.2, -0.15) is 0 Å². The SMILES string of the molecule is CSc1ncc(C#CCCN)c(C(=O)O)n1. The molecule has 0 aliphatic carbocycles. The molecule has 1 heterocycles. The number of carbonyl (C=O) groups is 1. The Kier molecular flexibility index (Phi) is 4.76. The van der Waals surface area contributed by atoms with Gasteiger partial charge in [0.1, 0.15) is 0 Å². The molecule has 0 spiro atoms. The number of nitrogens with two attached hydrogens (primary N) is 1. The van der Waals surface area contributed by atoms with Crippen molar-refractivity contribution in [3.63, 3.8) is 0 Å². The van der Waals surface area contributed by atoms with Gasteiger partial charge in [0.2, 0.25) is 0 Å². The summed E-state index contributed by atoms with van der Waals surface area (Å²) >= 11 is 1.28. The monoisotopic (exact) mass is 237 g/mol. The third-order valence-electron chi connectivity index (χ3n) is 1.64. The van der Waals surface area contributed by atoms with Crippen LogP contribution < -0.4 is 5.73 Å². The summed E-state index contributed by atoms with van der Waals surface area (Å²) in [7, 11) is 0. The Balaban J connectivity index is 3.09. The van der Waals surface area contributed by atoms with E-state index in [2.05, 4.69) is 21.8 Å². The third kappa shape index (κ3) is 3.22. The van der Waals surface area contributed by atoms with Crippen LogP contribution in [0.4, 0.5) is 0 Å². The van der Waals surface area contributed by atoms with Gasteiger partial charge in [-0.1, -0.05) is 23.6 Å². The van der Waals surface area contributed by atoms with Gasteiger partial charge in [-0.15, -0.1) is 0 Å². The van der Waals surface area contributed by atoms with Gasteiger partial charge in [0, 0.05) is 19.2 Å². The van der Waals surface area contributed by atoms with Crippen molar-refractivity contribution in [3.05, 3.63) is 17.5 Å². The predicted octanol–water partition coefficient (Wildman–Crippen LogP) is 0.597. The average Bonchev–Trinajstić information content (AvgIpc) is 2.29. The van der Waals surface area contributed by atoms with Gasteiger partial charge in [0.15, 0.2) is 10.9 Å². The molecule has 16 heavy (non-hydrogen) atoms. The number of rotatable bonds is 3. The maximum Gasteiger partial charge on any atom is 0.355 e. The van der Waals surface area contributed by atoms with E-state index in [4.69, 9.17) is 10.8 Å². The van der Waals surface area contributed by atoms with Crippen LogP contribution in [0, 0.1) is 11.8 Å². The van der Waals surface area contributed by atoms with E-state index in [0.29, 0.717) is 23.7 Å². The van der Waals surface area contributed by atoms with Crippen molar-refractivity contribution in [3.8, 4) is 11.8 Å². The van der Waals surface area contributed by atoms with E-state index < -0.39 is 5.97 Å². The number of carboxylic acid groups (broad SMARTS) is 1. The van der Waals surface area contributed by atoms with Crippen LogP contribution in [0.15, 0.2) is 11.4 Å². The Morgan fingerprint density at radius 2 is 2.44 bits per heavy atom. The molecule has 1 aromatic rings. The molecule has 0 amide bonds. The lowest BCUT2D eigenvalue weighted by Crippen LogP contribution is -2.06. The Morgan fingerprint density at radius 1 is 1.69 bits per heavy atom. The van der Waals surface area contributed by atoms with E-state index >= 15 is 0 Å². The topological polar surface area (TPSA) is 89.1 Å². The van der Waals surface area contributed by atoms with Crippen LogP contribution in [0.5, 0.6) is 0 Å². The van der Waals surface area contributed by atoms with E-state index in [0.717, 1.165) is 0 Å². The highest BCUT2D eigenvalue weighted by molar-refractivity contribution is 7.98. The number of nitrogens with zero attached hydrogens (tertiary/aromatic N) is 2. The zero-order valence-corrected chi connectivity index (χ0v) is 9.54. The van der Waals surface area contributed by atoms with E-state index in [1.807, 2.05) is 0 Å². The fourth-order valence-corrected chi connectivity index (χ4v) is 1.29. The average molecular weight is 237 g/mol. The first kappa shape index (κ1) is 12.5. The van der Waals surface area contributed by atoms with E-state index in [1.54, 1.807) is 6.26 Å². The molecule has 84 valence electrons. The maximum absolute atomic E-state index is 10.9. The molecular formula is C10H11N3O2S. The summed E-state index contributed by atoms with van der Waals surface area (Å²) in [6.07, 6.45) is 3.72. The summed E-state index contributed by atoms with van der Waals surface area (Å²) in [5, 5.41) is 9.37. The maximum atomic E-state index is 10.9. The Morgan fingerprint density at radius 3 is 3.00 bits per heavy atom. The smallest absolute Gasteiger partial charge is 0.355 e. The first-order valence-electron chi connectivity index (χ1n) is 4.52. The van der Waals surface area contributed by atoms with Gasteiger partial charge in [0.25, 0.3) is 0 Å². The molecule has 0 unspecified atom stereocenters. The number of thioether (sulfide) groups is 1. The van der Waals surface area contributed by atoms with Crippen LogP contribution in [0.25, 0.3) is 0 Å². The summed E-state index contributed by atoms with van der Waals surface area (Å²) in [6, 6.07) is 0. The van der Waals surface area contributed by atoms with Crippen LogP contribution >= 0.6 is 11.8 Å². The van der Waals surface area contributed by atoms with Gasteiger partial charge < -0.3 is 10.8 Å². The molecule has 0 radical (unpaired) electrons. The number of aromatic nitrogens is 2.